The van der Waals surface area contributed by atoms with E-state index in [0.717, 1.165) is 4.90 Å². The Kier molecular flexibility index (Phi) is 3.96. The molecule has 0 radical (unpaired) electrons. The largest absolute Gasteiger partial charge is 0.334 e. The Morgan fingerprint density at radius 3 is 2.19 bits per heavy atom. The zero-order valence-electron chi connectivity index (χ0n) is 10.8. The number of benzene rings is 2. The number of aromatic nitrogens is 2. The summed E-state index contributed by atoms with van der Waals surface area (Å²) >= 11 is 1.48. The number of thioether (sulfide) groups is 1. The fraction of sp³-hybridized carbons (Fsp3) is 0.0667. The summed E-state index contributed by atoms with van der Waals surface area (Å²) in [6.07, 6.45) is 0. The lowest BCUT2D eigenvalue weighted by Gasteiger charge is -1.97. The number of halogens is 2. The van der Waals surface area contributed by atoms with Gasteiger partial charge in [0.25, 0.3) is 5.89 Å². The van der Waals surface area contributed by atoms with E-state index < -0.39 is 0 Å². The lowest BCUT2D eigenvalue weighted by molar-refractivity contribution is 0.425. The molecule has 0 saturated heterocycles. The van der Waals surface area contributed by atoms with Crippen molar-refractivity contribution in [1.29, 1.82) is 0 Å². The van der Waals surface area contributed by atoms with Crippen LogP contribution in [-0.2, 0) is 5.75 Å². The van der Waals surface area contributed by atoms with Gasteiger partial charge in [0.1, 0.15) is 11.6 Å². The zero-order chi connectivity index (χ0) is 14.7. The van der Waals surface area contributed by atoms with Crippen LogP contribution in [-0.4, -0.2) is 10.1 Å². The van der Waals surface area contributed by atoms with Crippen LogP contribution in [0, 0.1) is 11.6 Å². The van der Waals surface area contributed by atoms with Gasteiger partial charge in [-0.2, -0.15) is 4.98 Å². The number of nitrogens with zero attached hydrogens (tertiary/aromatic N) is 2. The smallest absolute Gasteiger partial charge is 0.257 e. The maximum Gasteiger partial charge on any atom is 0.257 e. The summed E-state index contributed by atoms with van der Waals surface area (Å²) in [6, 6.07) is 12.0. The summed E-state index contributed by atoms with van der Waals surface area (Å²) in [6.45, 7) is 0. The van der Waals surface area contributed by atoms with E-state index in [0.29, 0.717) is 23.0 Å². The highest BCUT2D eigenvalue weighted by Gasteiger charge is 2.09. The molecule has 0 N–H and O–H groups in total. The lowest BCUT2D eigenvalue weighted by Crippen LogP contribution is -1.84. The van der Waals surface area contributed by atoms with E-state index in [4.69, 9.17) is 4.52 Å². The molecule has 3 rings (SSSR count). The van der Waals surface area contributed by atoms with Gasteiger partial charge in [-0.3, -0.25) is 0 Å². The molecule has 0 bridgehead atoms. The highest BCUT2D eigenvalue weighted by molar-refractivity contribution is 7.98. The van der Waals surface area contributed by atoms with Crippen LogP contribution in [0.3, 0.4) is 0 Å². The standard InChI is InChI=1S/C15H10F2N2OS/c16-11-3-1-10(2-4-11)15-18-14(19-20-15)9-21-13-7-5-12(17)6-8-13/h1-8H,9H2. The summed E-state index contributed by atoms with van der Waals surface area (Å²) < 4.78 is 30.8. The number of hydrogen-bond donors (Lipinski definition) is 0. The second kappa shape index (κ2) is 6.05. The average molecular weight is 304 g/mol. The molecule has 0 saturated carbocycles. The predicted octanol–water partition coefficient (Wildman–Crippen LogP) is 4.31. The van der Waals surface area contributed by atoms with Gasteiger partial charge in [0.2, 0.25) is 0 Å². The summed E-state index contributed by atoms with van der Waals surface area (Å²) in [5.74, 6) is 0.812. The first-order valence-corrected chi connectivity index (χ1v) is 7.16. The molecule has 0 unspecified atom stereocenters. The van der Waals surface area contributed by atoms with Crippen LogP contribution in [0.1, 0.15) is 5.82 Å². The van der Waals surface area contributed by atoms with Gasteiger partial charge in [-0.05, 0) is 48.5 Å². The van der Waals surface area contributed by atoms with Crippen molar-refractivity contribution in [3.05, 3.63) is 66.0 Å². The maximum atomic E-state index is 12.8. The molecule has 0 spiro atoms. The van der Waals surface area contributed by atoms with Gasteiger partial charge >= 0.3 is 0 Å². The van der Waals surface area contributed by atoms with Crippen molar-refractivity contribution in [3.8, 4) is 11.5 Å². The first-order valence-electron chi connectivity index (χ1n) is 6.17. The maximum absolute atomic E-state index is 12.8. The molecule has 0 fully saturated rings. The molecule has 1 aromatic heterocycles. The Hall–Kier alpha value is -2.21. The van der Waals surface area contributed by atoms with E-state index in [2.05, 4.69) is 10.1 Å². The zero-order valence-corrected chi connectivity index (χ0v) is 11.6. The minimum Gasteiger partial charge on any atom is -0.334 e. The van der Waals surface area contributed by atoms with Crippen LogP contribution in [0.25, 0.3) is 11.5 Å². The molecule has 1 heterocycles. The molecule has 0 atom stereocenters. The van der Waals surface area contributed by atoms with E-state index in [1.54, 1.807) is 24.3 Å². The minimum absolute atomic E-state index is 0.266. The van der Waals surface area contributed by atoms with Gasteiger partial charge in [-0.25, -0.2) is 8.78 Å². The molecule has 3 aromatic rings. The fourth-order valence-corrected chi connectivity index (χ4v) is 2.44. The second-order valence-electron chi connectivity index (χ2n) is 4.27. The topological polar surface area (TPSA) is 38.9 Å². The van der Waals surface area contributed by atoms with Crippen molar-refractivity contribution in [3.63, 3.8) is 0 Å². The Morgan fingerprint density at radius 1 is 0.905 bits per heavy atom. The van der Waals surface area contributed by atoms with Crippen molar-refractivity contribution in [2.45, 2.75) is 10.6 Å². The van der Waals surface area contributed by atoms with Crippen molar-refractivity contribution in [2.75, 3.05) is 0 Å². The molecule has 2 aromatic carbocycles. The van der Waals surface area contributed by atoms with Crippen LogP contribution in [0.4, 0.5) is 8.78 Å². The highest BCUT2D eigenvalue weighted by atomic mass is 32.2. The molecule has 0 aliphatic heterocycles. The van der Waals surface area contributed by atoms with E-state index >= 15 is 0 Å². The van der Waals surface area contributed by atoms with Crippen molar-refractivity contribution in [2.24, 2.45) is 0 Å². The minimum atomic E-state index is -0.314. The molecule has 106 valence electrons. The van der Waals surface area contributed by atoms with Gasteiger partial charge in [-0.1, -0.05) is 5.16 Å². The average Bonchev–Trinajstić information content (AvgIpc) is 2.96. The third-order valence-corrected chi connectivity index (χ3v) is 3.75. The SMILES string of the molecule is Fc1ccc(SCc2noc(-c3ccc(F)cc3)n2)cc1. The highest BCUT2D eigenvalue weighted by Crippen LogP contribution is 2.23. The predicted molar refractivity (Wildman–Crippen MR) is 75.7 cm³/mol. The van der Waals surface area contributed by atoms with Crippen LogP contribution in [0.15, 0.2) is 57.9 Å². The Balaban J connectivity index is 1.67. The van der Waals surface area contributed by atoms with E-state index in [1.165, 1.54) is 36.0 Å². The third-order valence-electron chi connectivity index (χ3n) is 2.74. The molecule has 21 heavy (non-hydrogen) atoms. The normalized spacial score (nSPS) is 10.8. The van der Waals surface area contributed by atoms with E-state index in [-0.39, 0.29) is 11.6 Å². The Morgan fingerprint density at radius 2 is 1.52 bits per heavy atom. The molecule has 0 aliphatic rings. The van der Waals surface area contributed by atoms with Crippen molar-refractivity contribution >= 4 is 11.8 Å². The molecule has 0 amide bonds. The molecule has 0 aliphatic carbocycles. The quantitative estimate of drug-likeness (QED) is 0.673. The van der Waals surface area contributed by atoms with Gasteiger partial charge in [0, 0.05) is 10.5 Å². The summed E-state index contributed by atoms with van der Waals surface area (Å²) in [7, 11) is 0. The first kappa shape index (κ1) is 13.8. The van der Waals surface area contributed by atoms with Crippen LogP contribution in [0.2, 0.25) is 0 Å². The van der Waals surface area contributed by atoms with E-state index in [1.807, 2.05) is 0 Å². The number of hydrogen-bond acceptors (Lipinski definition) is 4. The third kappa shape index (κ3) is 3.46. The van der Waals surface area contributed by atoms with Gasteiger partial charge in [0.15, 0.2) is 5.82 Å². The van der Waals surface area contributed by atoms with Gasteiger partial charge < -0.3 is 4.52 Å². The van der Waals surface area contributed by atoms with Gasteiger partial charge in [-0.15, -0.1) is 11.8 Å². The first-order chi connectivity index (χ1) is 10.2. The number of rotatable bonds is 4. The van der Waals surface area contributed by atoms with Crippen LogP contribution >= 0.6 is 11.8 Å². The van der Waals surface area contributed by atoms with Crippen LogP contribution in [0.5, 0.6) is 0 Å². The second-order valence-corrected chi connectivity index (χ2v) is 5.31. The fourth-order valence-electron chi connectivity index (χ4n) is 1.70. The van der Waals surface area contributed by atoms with Crippen LogP contribution < -0.4 is 0 Å². The molecule has 6 heteroatoms. The Labute approximate surface area is 124 Å². The molecule has 3 nitrogen and oxygen atoms in total. The lowest BCUT2D eigenvalue weighted by atomic mass is 10.2. The van der Waals surface area contributed by atoms with Crippen molar-refractivity contribution in [1.82, 2.24) is 10.1 Å². The molecular weight excluding hydrogens is 294 g/mol. The van der Waals surface area contributed by atoms with Gasteiger partial charge in [0.05, 0.1) is 5.75 Å². The summed E-state index contributed by atoms with van der Waals surface area (Å²) in [5, 5.41) is 3.87. The van der Waals surface area contributed by atoms with E-state index in [9.17, 15) is 8.78 Å². The van der Waals surface area contributed by atoms with Crippen molar-refractivity contribution < 1.29 is 13.3 Å². The molecular formula is C15H10F2N2OS. The summed E-state index contributed by atoms with van der Waals surface area (Å²) in [4.78, 5) is 5.17. The monoisotopic (exact) mass is 304 g/mol. The Bertz CT molecular complexity index is 726. The summed E-state index contributed by atoms with van der Waals surface area (Å²) in [5.41, 5.74) is 0.668.